The number of hydrogen-bond donors (Lipinski definition) is 2. The average Bonchev–Trinajstić information content (AvgIpc) is 2.21. The quantitative estimate of drug-likeness (QED) is 0.786. The van der Waals surface area contributed by atoms with Crippen molar-refractivity contribution in [1.82, 2.24) is 0 Å². The van der Waals surface area contributed by atoms with Crippen molar-refractivity contribution in [3.05, 3.63) is 27.7 Å². The summed E-state index contributed by atoms with van der Waals surface area (Å²) in [4.78, 5) is 11.1. The number of aromatic hydroxyl groups is 1. The molecule has 0 amide bonds. The Morgan fingerprint density at radius 2 is 2.13 bits per heavy atom. The molecule has 1 atom stereocenters. The molecule has 0 fully saturated rings. The van der Waals surface area contributed by atoms with Crippen molar-refractivity contribution in [2.75, 3.05) is 7.11 Å². The van der Waals surface area contributed by atoms with E-state index in [1.165, 1.54) is 19.2 Å². The number of ether oxygens (including phenoxy) is 1. The Labute approximate surface area is 96.5 Å². The van der Waals surface area contributed by atoms with Crippen molar-refractivity contribution in [2.24, 2.45) is 5.73 Å². The molecule has 0 spiro atoms. The SMILES string of the molecule is COC(=O)[C@H](N)c1cc(Cl)cc(Cl)c1O. The third-order valence-electron chi connectivity index (χ3n) is 1.85. The van der Waals surface area contributed by atoms with E-state index in [1.807, 2.05) is 0 Å². The van der Waals surface area contributed by atoms with Gasteiger partial charge in [-0.3, -0.25) is 4.79 Å². The Balaban J connectivity index is 3.19. The van der Waals surface area contributed by atoms with Crippen LogP contribution in [0.25, 0.3) is 0 Å². The zero-order valence-electron chi connectivity index (χ0n) is 7.83. The lowest BCUT2D eigenvalue weighted by molar-refractivity contribution is -0.142. The van der Waals surface area contributed by atoms with Crippen LogP contribution in [0.3, 0.4) is 0 Å². The van der Waals surface area contributed by atoms with Crippen LogP contribution in [-0.4, -0.2) is 18.2 Å². The average molecular weight is 250 g/mol. The van der Waals surface area contributed by atoms with Gasteiger partial charge in [-0.1, -0.05) is 23.2 Å². The second-order valence-corrected chi connectivity index (χ2v) is 3.67. The van der Waals surface area contributed by atoms with Crippen molar-refractivity contribution in [1.29, 1.82) is 0 Å². The number of methoxy groups -OCH3 is 1. The fourth-order valence-corrected chi connectivity index (χ4v) is 1.59. The monoisotopic (exact) mass is 249 g/mol. The van der Waals surface area contributed by atoms with Crippen LogP contribution in [0, 0.1) is 0 Å². The molecule has 0 bridgehead atoms. The van der Waals surface area contributed by atoms with Crippen molar-refractivity contribution >= 4 is 29.2 Å². The summed E-state index contributed by atoms with van der Waals surface area (Å²) in [6.45, 7) is 0. The molecular formula is C9H9Cl2NO3. The molecule has 0 aromatic heterocycles. The van der Waals surface area contributed by atoms with Gasteiger partial charge in [0.2, 0.25) is 0 Å². The van der Waals surface area contributed by atoms with E-state index in [2.05, 4.69) is 4.74 Å². The molecular weight excluding hydrogens is 241 g/mol. The van der Waals surface area contributed by atoms with Crippen LogP contribution in [0.15, 0.2) is 12.1 Å². The van der Waals surface area contributed by atoms with E-state index in [1.54, 1.807) is 0 Å². The second kappa shape index (κ2) is 4.70. The number of benzene rings is 1. The van der Waals surface area contributed by atoms with Crippen LogP contribution >= 0.6 is 23.2 Å². The molecule has 6 heteroatoms. The molecule has 82 valence electrons. The molecule has 0 radical (unpaired) electrons. The number of halogens is 2. The molecule has 15 heavy (non-hydrogen) atoms. The first-order valence-corrected chi connectivity index (χ1v) is 4.74. The maximum Gasteiger partial charge on any atom is 0.327 e. The minimum atomic E-state index is -1.11. The Bertz CT molecular complexity index is 395. The lowest BCUT2D eigenvalue weighted by Crippen LogP contribution is -2.22. The third-order valence-corrected chi connectivity index (χ3v) is 2.35. The number of phenolic OH excluding ortho intramolecular Hbond substituents is 1. The number of carbonyl (C=O) groups excluding carboxylic acids is 1. The molecule has 1 aromatic carbocycles. The van der Waals surface area contributed by atoms with E-state index in [0.717, 1.165) is 0 Å². The number of carbonyl (C=O) groups is 1. The van der Waals surface area contributed by atoms with E-state index < -0.39 is 12.0 Å². The van der Waals surface area contributed by atoms with Gasteiger partial charge in [-0.05, 0) is 12.1 Å². The van der Waals surface area contributed by atoms with Gasteiger partial charge < -0.3 is 15.6 Å². The standard InChI is InChI=1S/C9H9Cl2NO3/c1-15-9(14)7(12)5-2-4(10)3-6(11)8(5)13/h2-3,7,13H,12H2,1H3/t7-/m1/s1. The smallest absolute Gasteiger partial charge is 0.327 e. The molecule has 1 rings (SSSR count). The van der Waals surface area contributed by atoms with E-state index in [4.69, 9.17) is 28.9 Å². The topological polar surface area (TPSA) is 72.5 Å². The van der Waals surface area contributed by atoms with Gasteiger partial charge in [0.1, 0.15) is 11.8 Å². The second-order valence-electron chi connectivity index (χ2n) is 2.83. The molecule has 0 saturated carbocycles. The van der Waals surface area contributed by atoms with Crippen molar-refractivity contribution < 1.29 is 14.6 Å². The maximum atomic E-state index is 11.1. The van der Waals surface area contributed by atoms with Gasteiger partial charge in [0.25, 0.3) is 0 Å². The number of phenols is 1. The zero-order valence-corrected chi connectivity index (χ0v) is 9.34. The summed E-state index contributed by atoms with van der Waals surface area (Å²) >= 11 is 11.4. The van der Waals surface area contributed by atoms with E-state index in [-0.39, 0.29) is 21.4 Å². The summed E-state index contributed by atoms with van der Waals surface area (Å²) in [5, 5.41) is 9.88. The van der Waals surface area contributed by atoms with Crippen molar-refractivity contribution in [2.45, 2.75) is 6.04 Å². The lowest BCUT2D eigenvalue weighted by atomic mass is 10.1. The minimum absolute atomic E-state index is 0.0388. The highest BCUT2D eigenvalue weighted by molar-refractivity contribution is 6.35. The van der Waals surface area contributed by atoms with Crippen LogP contribution in [0.5, 0.6) is 5.75 Å². The largest absolute Gasteiger partial charge is 0.506 e. The highest BCUT2D eigenvalue weighted by Crippen LogP contribution is 2.34. The molecule has 0 unspecified atom stereocenters. The summed E-state index contributed by atoms with van der Waals surface area (Å²) < 4.78 is 4.44. The highest BCUT2D eigenvalue weighted by atomic mass is 35.5. The van der Waals surface area contributed by atoms with Crippen LogP contribution in [-0.2, 0) is 9.53 Å². The molecule has 0 aliphatic heterocycles. The van der Waals surface area contributed by atoms with Gasteiger partial charge >= 0.3 is 5.97 Å². The van der Waals surface area contributed by atoms with Crippen LogP contribution in [0.2, 0.25) is 10.0 Å². The van der Waals surface area contributed by atoms with Gasteiger partial charge in [0.15, 0.2) is 0 Å². The third kappa shape index (κ3) is 2.53. The zero-order chi connectivity index (χ0) is 11.6. The lowest BCUT2D eigenvalue weighted by Gasteiger charge is -2.12. The first-order valence-electron chi connectivity index (χ1n) is 3.98. The molecule has 4 nitrogen and oxygen atoms in total. The summed E-state index contributed by atoms with van der Waals surface area (Å²) in [5.74, 6) is -0.942. The number of rotatable bonds is 2. The normalized spacial score (nSPS) is 12.3. The van der Waals surface area contributed by atoms with E-state index in [9.17, 15) is 9.90 Å². The molecule has 0 heterocycles. The van der Waals surface area contributed by atoms with Crippen LogP contribution in [0.4, 0.5) is 0 Å². The molecule has 3 N–H and O–H groups in total. The van der Waals surface area contributed by atoms with Crippen LogP contribution < -0.4 is 5.73 Å². The van der Waals surface area contributed by atoms with Gasteiger partial charge in [-0.15, -0.1) is 0 Å². The Morgan fingerprint density at radius 3 is 2.67 bits per heavy atom. The fourth-order valence-electron chi connectivity index (χ4n) is 1.08. The number of hydrogen-bond acceptors (Lipinski definition) is 4. The van der Waals surface area contributed by atoms with E-state index in [0.29, 0.717) is 0 Å². The fraction of sp³-hybridized carbons (Fsp3) is 0.222. The summed E-state index contributed by atoms with van der Waals surface area (Å²) in [6, 6.07) is 1.61. The summed E-state index contributed by atoms with van der Waals surface area (Å²) in [5.41, 5.74) is 5.67. The number of esters is 1. The van der Waals surface area contributed by atoms with Gasteiger partial charge in [-0.2, -0.15) is 0 Å². The first-order chi connectivity index (χ1) is 6.97. The van der Waals surface area contributed by atoms with Crippen molar-refractivity contribution in [3.8, 4) is 5.75 Å². The molecule has 0 saturated heterocycles. The molecule has 0 aliphatic rings. The molecule has 1 aromatic rings. The Kier molecular flexibility index (Phi) is 3.79. The summed E-state index contributed by atoms with van der Waals surface area (Å²) in [6.07, 6.45) is 0. The van der Waals surface area contributed by atoms with Crippen LogP contribution in [0.1, 0.15) is 11.6 Å². The van der Waals surface area contributed by atoms with Crippen molar-refractivity contribution in [3.63, 3.8) is 0 Å². The highest BCUT2D eigenvalue weighted by Gasteiger charge is 2.21. The maximum absolute atomic E-state index is 11.1. The first kappa shape index (κ1) is 12.1. The van der Waals surface area contributed by atoms with Gasteiger partial charge in [0, 0.05) is 10.6 Å². The Morgan fingerprint density at radius 1 is 1.53 bits per heavy atom. The van der Waals surface area contributed by atoms with E-state index >= 15 is 0 Å². The van der Waals surface area contributed by atoms with Gasteiger partial charge in [-0.25, -0.2) is 0 Å². The Hall–Kier alpha value is -0.970. The summed E-state index contributed by atoms with van der Waals surface area (Å²) in [7, 11) is 1.20. The molecule has 0 aliphatic carbocycles. The predicted octanol–water partition coefficient (Wildman–Crippen LogP) is 1.87. The number of nitrogens with two attached hydrogens (primary N) is 1. The predicted molar refractivity (Wildman–Crippen MR) is 57.1 cm³/mol. The van der Waals surface area contributed by atoms with Gasteiger partial charge in [0.05, 0.1) is 12.1 Å². The minimum Gasteiger partial charge on any atom is -0.506 e.